The van der Waals surface area contributed by atoms with Gasteiger partial charge >= 0.3 is 0 Å². The highest BCUT2D eigenvalue weighted by molar-refractivity contribution is 5.35. The summed E-state index contributed by atoms with van der Waals surface area (Å²) >= 11 is 0. The number of aromatic hydroxyl groups is 1. The summed E-state index contributed by atoms with van der Waals surface area (Å²) in [5.41, 5.74) is 1.84. The maximum atomic E-state index is 9.69. The molecular weight excluding hydrogens is 200 g/mol. The smallest absolute Gasteiger partial charge is 0.122 e. The van der Waals surface area contributed by atoms with Gasteiger partial charge in [0, 0.05) is 5.56 Å². The van der Waals surface area contributed by atoms with Crippen LogP contribution in [0.2, 0.25) is 0 Å². The number of rotatable bonds is 3. The number of benzene rings is 2. The number of phenols is 1. The largest absolute Gasteiger partial charge is 0.508 e. The quantitative estimate of drug-likeness (QED) is 0.849. The van der Waals surface area contributed by atoms with Crippen molar-refractivity contribution in [2.75, 3.05) is 0 Å². The molecule has 0 amide bonds. The van der Waals surface area contributed by atoms with Crippen molar-refractivity contribution in [3.63, 3.8) is 0 Å². The van der Waals surface area contributed by atoms with E-state index < -0.39 is 0 Å². The number of para-hydroxylation sites is 1. The van der Waals surface area contributed by atoms with Crippen LogP contribution in [0.25, 0.3) is 0 Å². The van der Waals surface area contributed by atoms with Gasteiger partial charge in [-0.1, -0.05) is 30.3 Å². The number of ether oxygens (including phenoxy) is 1. The second-order valence-electron chi connectivity index (χ2n) is 3.73. The van der Waals surface area contributed by atoms with E-state index in [2.05, 4.69) is 0 Å². The Hall–Kier alpha value is -1.96. The molecule has 0 bridgehead atoms. The zero-order valence-corrected chi connectivity index (χ0v) is 9.18. The van der Waals surface area contributed by atoms with Crippen molar-refractivity contribution in [2.24, 2.45) is 0 Å². The maximum Gasteiger partial charge on any atom is 0.122 e. The number of hydrogen-bond donors (Lipinski definition) is 1. The van der Waals surface area contributed by atoms with Gasteiger partial charge in [-0.05, 0) is 30.7 Å². The summed E-state index contributed by atoms with van der Waals surface area (Å²) in [5.74, 6) is 1.10. The summed E-state index contributed by atoms with van der Waals surface area (Å²) in [5, 5.41) is 9.69. The van der Waals surface area contributed by atoms with Crippen molar-refractivity contribution >= 4 is 0 Å². The van der Waals surface area contributed by atoms with Crippen LogP contribution in [-0.4, -0.2) is 5.11 Å². The first-order valence-electron chi connectivity index (χ1n) is 5.22. The molecule has 0 heterocycles. The van der Waals surface area contributed by atoms with E-state index in [0.717, 1.165) is 16.9 Å². The van der Waals surface area contributed by atoms with Gasteiger partial charge in [-0.2, -0.15) is 0 Å². The third kappa shape index (κ3) is 2.54. The zero-order chi connectivity index (χ0) is 11.4. The first-order chi connectivity index (χ1) is 7.75. The highest BCUT2D eigenvalue weighted by Crippen LogP contribution is 2.20. The van der Waals surface area contributed by atoms with Gasteiger partial charge in [-0.25, -0.2) is 0 Å². The van der Waals surface area contributed by atoms with Crippen molar-refractivity contribution in [3.8, 4) is 11.5 Å². The second-order valence-corrected chi connectivity index (χ2v) is 3.73. The first-order valence-corrected chi connectivity index (χ1v) is 5.22. The van der Waals surface area contributed by atoms with E-state index in [0.29, 0.717) is 6.61 Å². The molecule has 0 atom stereocenters. The topological polar surface area (TPSA) is 29.5 Å². The van der Waals surface area contributed by atoms with Crippen molar-refractivity contribution < 1.29 is 9.84 Å². The van der Waals surface area contributed by atoms with Crippen molar-refractivity contribution in [3.05, 3.63) is 59.7 Å². The average Bonchev–Trinajstić information content (AvgIpc) is 2.29. The Labute approximate surface area is 95.1 Å². The van der Waals surface area contributed by atoms with Gasteiger partial charge < -0.3 is 9.84 Å². The molecule has 2 rings (SSSR count). The predicted molar refractivity (Wildman–Crippen MR) is 63.6 cm³/mol. The van der Waals surface area contributed by atoms with E-state index in [1.54, 1.807) is 6.07 Å². The molecule has 1 N–H and O–H groups in total. The van der Waals surface area contributed by atoms with Gasteiger partial charge in [-0.3, -0.25) is 0 Å². The Balaban J connectivity index is 2.05. The maximum absolute atomic E-state index is 9.69. The first kappa shape index (κ1) is 10.6. The van der Waals surface area contributed by atoms with E-state index >= 15 is 0 Å². The Morgan fingerprint density at radius 3 is 2.50 bits per heavy atom. The zero-order valence-electron chi connectivity index (χ0n) is 9.18. The van der Waals surface area contributed by atoms with Gasteiger partial charge in [0.25, 0.3) is 0 Å². The van der Waals surface area contributed by atoms with Crippen molar-refractivity contribution in [1.82, 2.24) is 0 Å². The number of aryl methyl sites for hydroxylation is 1. The molecule has 82 valence electrons. The van der Waals surface area contributed by atoms with Crippen LogP contribution in [0.5, 0.6) is 11.5 Å². The molecule has 0 spiro atoms. The lowest BCUT2D eigenvalue weighted by Crippen LogP contribution is -1.95. The second kappa shape index (κ2) is 4.71. The highest BCUT2D eigenvalue weighted by atomic mass is 16.5. The highest BCUT2D eigenvalue weighted by Gasteiger charge is 2.01. The van der Waals surface area contributed by atoms with Crippen LogP contribution in [0.1, 0.15) is 11.1 Å². The lowest BCUT2D eigenvalue weighted by Gasteiger charge is -2.08. The van der Waals surface area contributed by atoms with Crippen LogP contribution >= 0.6 is 0 Å². The molecule has 2 aromatic rings. The van der Waals surface area contributed by atoms with Crippen molar-refractivity contribution in [2.45, 2.75) is 13.5 Å². The minimum atomic E-state index is 0.288. The minimum Gasteiger partial charge on any atom is -0.508 e. The molecule has 0 unspecified atom stereocenters. The van der Waals surface area contributed by atoms with Crippen LogP contribution < -0.4 is 4.74 Å². The fraction of sp³-hybridized carbons (Fsp3) is 0.143. The SMILES string of the molecule is Cc1ccc(COc2ccccc2)c(O)c1. The summed E-state index contributed by atoms with van der Waals surface area (Å²) in [6, 6.07) is 15.2. The van der Waals surface area contributed by atoms with Crippen LogP contribution in [-0.2, 0) is 6.61 Å². The fourth-order valence-electron chi connectivity index (χ4n) is 1.47. The van der Waals surface area contributed by atoms with Gasteiger partial charge in [-0.15, -0.1) is 0 Å². The molecule has 0 saturated carbocycles. The standard InChI is InChI=1S/C14H14O2/c1-11-7-8-12(14(15)9-11)10-16-13-5-3-2-4-6-13/h2-9,15H,10H2,1H3. The van der Waals surface area contributed by atoms with Crippen LogP contribution in [0.4, 0.5) is 0 Å². The van der Waals surface area contributed by atoms with E-state index in [1.807, 2.05) is 49.4 Å². The number of hydrogen-bond acceptors (Lipinski definition) is 2. The van der Waals surface area contributed by atoms with E-state index in [9.17, 15) is 5.11 Å². The molecule has 0 fully saturated rings. The van der Waals surface area contributed by atoms with Gasteiger partial charge in [0.15, 0.2) is 0 Å². The predicted octanol–water partition coefficient (Wildman–Crippen LogP) is 3.28. The summed E-state index contributed by atoms with van der Waals surface area (Å²) in [6.45, 7) is 2.33. The molecule has 2 heteroatoms. The summed E-state index contributed by atoms with van der Waals surface area (Å²) in [7, 11) is 0. The summed E-state index contributed by atoms with van der Waals surface area (Å²) in [6.07, 6.45) is 0. The molecule has 2 nitrogen and oxygen atoms in total. The number of phenolic OH excluding ortho intramolecular Hbond substituents is 1. The van der Waals surface area contributed by atoms with Crippen LogP contribution in [0, 0.1) is 6.92 Å². The lowest BCUT2D eigenvalue weighted by molar-refractivity contribution is 0.299. The molecule has 16 heavy (non-hydrogen) atoms. The summed E-state index contributed by atoms with van der Waals surface area (Å²) in [4.78, 5) is 0. The Morgan fingerprint density at radius 2 is 1.81 bits per heavy atom. The normalized spacial score (nSPS) is 10.1. The van der Waals surface area contributed by atoms with Gasteiger partial charge in [0.05, 0.1) is 0 Å². The fourth-order valence-corrected chi connectivity index (χ4v) is 1.47. The van der Waals surface area contributed by atoms with Crippen molar-refractivity contribution in [1.29, 1.82) is 0 Å². The van der Waals surface area contributed by atoms with Gasteiger partial charge in [0.1, 0.15) is 18.1 Å². The van der Waals surface area contributed by atoms with Crippen LogP contribution in [0.15, 0.2) is 48.5 Å². The Morgan fingerprint density at radius 1 is 1.06 bits per heavy atom. The minimum absolute atomic E-state index is 0.288. The lowest BCUT2D eigenvalue weighted by atomic mass is 10.1. The molecule has 0 radical (unpaired) electrons. The molecular formula is C14H14O2. The average molecular weight is 214 g/mol. The molecule has 0 saturated heterocycles. The molecule has 0 aliphatic heterocycles. The van der Waals surface area contributed by atoms with Crippen LogP contribution in [0.3, 0.4) is 0 Å². The molecule has 0 aliphatic rings. The molecule has 0 aromatic heterocycles. The summed E-state index contributed by atoms with van der Waals surface area (Å²) < 4.78 is 5.55. The Kier molecular flexibility index (Phi) is 3.10. The van der Waals surface area contributed by atoms with Gasteiger partial charge in [0.2, 0.25) is 0 Å². The third-order valence-corrected chi connectivity index (χ3v) is 2.38. The third-order valence-electron chi connectivity index (χ3n) is 2.38. The van der Waals surface area contributed by atoms with E-state index in [-0.39, 0.29) is 5.75 Å². The van der Waals surface area contributed by atoms with E-state index in [4.69, 9.17) is 4.74 Å². The Bertz CT molecular complexity index is 463. The van der Waals surface area contributed by atoms with E-state index in [1.165, 1.54) is 0 Å². The monoisotopic (exact) mass is 214 g/mol. The molecule has 2 aromatic carbocycles. The molecule has 0 aliphatic carbocycles.